The number of carboxylic acids is 4. The van der Waals surface area contributed by atoms with Crippen molar-refractivity contribution in [3.63, 3.8) is 0 Å². The zero-order valence-corrected chi connectivity index (χ0v) is 70.7. The highest BCUT2D eigenvalue weighted by Crippen LogP contribution is 2.58. The highest BCUT2D eigenvalue weighted by Gasteiger charge is 2.49. The predicted molar refractivity (Wildman–Crippen MR) is 474 cm³/mol. The first-order valence-electron chi connectivity index (χ1n) is 41.8. The Morgan fingerprint density at radius 3 is 0.871 bits per heavy atom. The quantitative estimate of drug-likeness (QED) is 0.00914. The molecule has 0 heterocycles. The van der Waals surface area contributed by atoms with Crippen LogP contribution < -0.4 is 18.9 Å². The highest BCUT2D eigenvalue weighted by molar-refractivity contribution is 6.06. The standard InChI is InChI=1S/C104H86O28/c1-5-89(105)125-57-71(127-99(117)81-27-11-9-25-77(81)95(109)110)55-121-67-43-35-63(36-44-67)103(85-29-17-13-21-73(85)74-22-14-18-30-86(74)103)65-39-47-69(48-40-65)123-59-93(129-91(107)7-3)131-101(119)83-53-61(33-51-79(83)97(113)114)62-34-52-80(98(115)116)84(54-62)102(120)132-94(130-92(108)8-4)60-124-70-49-41-66(42-50-70)104(87-31-19-15-23-75(87)76-24-16-20-32-88(76)104)64-37-45-68(46-38-64)122-56-72(58-126-90(106)6-2)128-100(118)82-28-12-10-26-78(82)96(111)112/h5-24,29-54,71-72,77-78,81-82,93-94H,1-4,25-28,55-60H2,(H,109,110)(H,111,112)(H,113,114)(H,115,116). The Balaban J connectivity index is 0.671. The van der Waals surface area contributed by atoms with E-state index in [4.69, 9.17) is 56.8 Å². The maximum atomic E-state index is 14.5. The number of carbonyl (C=O) groups excluding carboxylic acids is 8. The van der Waals surface area contributed by atoms with Crippen molar-refractivity contribution in [2.24, 2.45) is 23.7 Å². The van der Waals surface area contributed by atoms with E-state index in [1.165, 1.54) is 12.1 Å². The first kappa shape index (κ1) is 91.7. The Morgan fingerprint density at radius 2 is 0.591 bits per heavy atom. The van der Waals surface area contributed by atoms with Gasteiger partial charge in [-0.05, 0) is 176 Å². The molecule has 28 heteroatoms. The lowest BCUT2D eigenvalue weighted by atomic mass is 9.68. The predicted octanol–water partition coefficient (Wildman–Crippen LogP) is 15.4. The molecule has 8 atom stereocenters. The number of allylic oxidation sites excluding steroid dienone is 4. The number of esters is 8. The van der Waals surface area contributed by atoms with Crippen LogP contribution in [0, 0.1) is 23.7 Å². The molecule has 8 unspecified atom stereocenters. The van der Waals surface area contributed by atoms with Crippen LogP contribution in [-0.4, -0.2) is 156 Å². The fraction of sp³-hybridized carbons (Fsp3) is 0.192. The van der Waals surface area contributed by atoms with Gasteiger partial charge in [0.05, 0.1) is 56.8 Å². The van der Waals surface area contributed by atoms with E-state index in [1.54, 1.807) is 72.8 Å². The van der Waals surface area contributed by atoms with Crippen LogP contribution in [0.2, 0.25) is 0 Å². The van der Waals surface area contributed by atoms with Gasteiger partial charge < -0.3 is 77.3 Å². The van der Waals surface area contributed by atoms with E-state index >= 15 is 0 Å². The summed E-state index contributed by atoms with van der Waals surface area (Å²) in [6.45, 7) is 11.1. The smallest absolute Gasteiger partial charge is 0.342 e. The second kappa shape index (κ2) is 41.1. The largest absolute Gasteiger partial charge is 0.490 e. The van der Waals surface area contributed by atoms with Gasteiger partial charge in [0.1, 0.15) is 49.4 Å². The molecule has 0 saturated heterocycles. The van der Waals surface area contributed by atoms with E-state index in [0.29, 0.717) is 11.5 Å². The number of ether oxygens (including phenoxy) is 12. The second-order valence-electron chi connectivity index (χ2n) is 30.9. The van der Waals surface area contributed by atoms with Gasteiger partial charge in [0, 0.05) is 24.3 Å². The Bertz CT molecular complexity index is 5750. The molecule has 0 aromatic heterocycles. The van der Waals surface area contributed by atoms with Crippen LogP contribution in [0.5, 0.6) is 23.0 Å². The molecule has 10 aromatic carbocycles. The molecular formula is C104H86O28. The van der Waals surface area contributed by atoms with E-state index in [1.807, 2.05) is 146 Å². The summed E-state index contributed by atoms with van der Waals surface area (Å²) in [5.41, 5.74) is 6.20. The van der Waals surface area contributed by atoms with Gasteiger partial charge in [0.15, 0.2) is 25.4 Å². The lowest BCUT2D eigenvalue weighted by Crippen LogP contribution is -2.37. The van der Waals surface area contributed by atoms with E-state index in [9.17, 15) is 78.0 Å². The zero-order valence-electron chi connectivity index (χ0n) is 70.7. The molecule has 132 heavy (non-hydrogen) atoms. The first-order chi connectivity index (χ1) is 63.8. The molecule has 0 spiro atoms. The zero-order chi connectivity index (χ0) is 93.3. The number of hydrogen-bond donors (Lipinski definition) is 4. The molecule has 10 aromatic rings. The van der Waals surface area contributed by atoms with Gasteiger partial charge in [0.2, 0.25) is 0 Å². The van der Waals surface area contributed by atoms with Crippen LogP contribution >= 0.6 is 0 Å². The van der Waals surface area contributed by atoms with Gasteiger partial charge in [-0.2, -0.15) is 0 Å². The molecule has 4 aliphatic rings. The molecule has 28 nitrogen and oxygen atoms in total. The molecule has 670 valence electrons. The van der Waals surface area contributed by atoms with Crippen LogP contribution in [0.1, 0.15) is 112 Å². The molecule has 0 bridgehead atoms. The van der Waals surface area contributed by atoms with Crippen molar-refractivity contribution >= 4 is 71.6 Å². The summed E-state index contributed by atoms with van der Waals surface area (Å²) in [6.07, 6.45) is 4.84. The number of aliphatic carboxylic acids is 2. The number of carbonyl (C=O) groups is 12. The van der Waals surface area contributed by atoms with Crippen LogP contribution in [0.3, 0.4) is 0 Å². The third-order valence-corrected chi connectivity index (χ3v) is 23.1. The second-order valence-corrected chi connectivity index (χ2v) is 30.9. The molecule has 0 fully saturated rings. The highest BCUT2D eigenvalue weighted by atomic mass is 16.7. The maximum absolute atomic E-state index is 14.5. The molecular weight excluding hydrogens is 1700 g/mol. The summed E-state index contributed by atoms with van der Waals surface area (Å²) in [6, 6.07) is 66.7. The fourth-order valence-electron chi connectivity index (χ4n) is 16.9. The minimum atomic E-state index is -1.87. The summed E-state index contributed by atoms with van der Waals surface area (Å²) in [4.78, 5) is 156. The molecule has 4 aliphatic carbocycles. The third-order valence-electron chi connectivity index (χ3n) is 23.1. The van der Waals surface area contributed by atoms with Crippen LogP contribution in [0.25, 0.3) is 33.4 Å². The summed E-state index contributed by atoms with van der Waals surface area (Å²) >= 11 is 0. The van der Waals surface area contributed by atoms with Crippen molar-refractivity contribution in [3.05, 3.63) is 372 Å². The molecule has 4 N–H and O–H groups in total. The van der Waals surface area contributed by atoms with Crippen molar-refractivity contribution in [1.82, 2.24) is 0 Å². The van der Waals surface area contributed by atoms with Gasteiger partial charge in [0.25, 0.3) is 12.6 Å². The van der Waals surface area contributed by atoms with Crippen molar-refractivity contribution in [1.29, 1.82) is 0 Å². The Kier molecular flexibility index (Phi) is 28.5. The molecule has 0 aliphatic heterocycles. The average molecular weight is 1780 g/mol. The summed E-state index contributed by atoms with van der Waals surface area (Å²) in [5, 5.41) is 40.7. The minimum Gasteiger partial charge on any atom is -0.490 e. The first-order valence-corrected chi connectivity index (χ1v) is 41.8. The SMILES string of the molecule is C=CC(=O)OCC(COc1ccc(C2(c3ccc(OCC(OC(=O)C=C)OC(=O)c4cc(-c5ccc(C(=O)O)c(C(=O)OC(COc6ccc(C7(c8ccc(OCC(COC(=O)C=C)OC(=O)C9CC=CCC9C(=O)O)cc8)c8ccccc8-c8ccccc87)cc6)OC(=O)C=C)c5)ccc4C(=O)O)cc3)c3ccccc3-c3ccccc32)cc1)OC(=O)C1CC=CCC1C(=O)O. The maximum Gasteiger partial charge on any atom is 0.342 e. The van der Waals surface area contributed by atoms with Gasteiger partial charge in [-0.25, -0.2) is 38.4 Å². The minimum absolute atomic E-state index is 0.0311. The van der Waals surface area contributed by atoms with E-state index < -0.39 is 180 Å². The molecule has 0 amide bonds. The number of aromatic carboxylic acids is 2. The lowest BCUT2D eigenvalue weighted by Gasteiger charge is -2.34. The topological polar surface area (TPSA) is 397 Å². The number of hydrogen-bond acceptors (Lipinski definition) is 24. The normalized spacial score (nSPS) is 16.3. The Hall–Kier alpha value is -16.5. The van der Waals surface area contributed by atoms with Gasteiger partial charge >= 0.3 is 71.6 Å². The van der Waals surface area contributed by atoms with E-state index in [0.717, 1.165) is 115 Å². The van der Waals surface area contributed by atoms with Crippen molar-refractivity contribution in [2.75, 3.05) is 39.6 Å². The van der Waals surface area contributed by atoms with Crippen molar-refractivity contribution in [2.45, 2.75) is 61.3 Å². The molecule has 14 rings (SSSR count). The van der Waals surface area contributed by atoms with Crippen LogP contribution in [0.4, 0.5) is 0 Å². The number of carboxylic acid groups (broad SMARTS) is 4. The summed E-state index contributed by atoms with van der Waals surface area (Å²) in [5.74, 6) is -16.4. The van der Waals surface area contributed by atoms with Gasteiger partial charge in [-0.3, -0.25) is 19.2 Å². The van der Waals surface area contributed by atoms with Crippen molar-refractivity contribution < 1.29 is 135 Å². The van der Waals surface area contributed by atoms with Crippen LogP contribution in [0.15, 0.2) is 305 Å². The van der Waals surface area contributed by atoms with Gasteiger partial charge in [-0.15, -0.1) is 0 Å². The number of fused-ring (bicyclic) bond motifs is 6. The summed E-state index contributed by atoms with van der Waals surface area (Å²) < 4.78 is 69.1. The number of benzene rings is 10. The monoisotopic (exact) mass is 1780 g/mol. The van der Waals surface area contributed by atoms with E-state index in [2.05, 4.69) is 26.3 Å². The molecule has 0 saturated carbocycles. The van der Waals surface area contributed by atoms with Gasteiger partial charge in [-0.1, -0.05) is 208 Å². The Morgan fingerprint density at radius 1 is 0.311 bits per heavy atom. The third kappa shape index (κ3) is 19.8. The molecule has 0 radical (unpaired) electrons. The lowest BCUT2D eigenvalue weighted by molar-refractivity contribution is -0.168. The fourth-order valence-corrected chi connectivity index (χ4v) is 16.9. The summed E-state index contributed by atoms with van der Waals surface area (Å²) in [7, 11) is 0. The number of rotatable bonds is 39. The van der Waals surface area contributed by atoms with E-state index in [-0.39, 0.29) is 61.5 Å². The van der Waals surface area contributed by atoms with Crippen molar-refractivity contribution in [3.8, 4) is 56.4 Å². The Labute approximate surface area is 755 Å². The average Bonchev–Trinajstić information content (AvgIpc) is 1.55. The van der Waals surface area contributed by atoms with Crippen LogP contribution in [-0.2, 0) is 87.1 Å².